The molecule has 0 aromatic carbocycles. The molecular formula is C10H23N3O2S. The molecule has 16 heavy (non-hydrogen) atoms. The van der Waals surface area contributed by atoms with Crippen LogP contribution in [0.4, 0.5) is 0 Å². The van der Waals surface area contributed by atoms with Gasteiger partial charge in [0.1, 0.15) is 0 Å². The lowest BCUT2D eigenvalue weighted by Crippen LogP contribution is -2.52. The van der Waals surface area contributed by atoms with E-state index in [-0.39, 0.29) is 6.04 Å². The Morgan fingerprint density at radius 2 is 2.19 bits per heavy atom. The van der Waals surface area contributed by atoms with E-state index in [0.29, 0.717) is 13.1 Å². The molecule has 1 rings (SSSR count). The summed E-state index contributed by atoms with van der Waals surface area (Å²) in [5.41, 5.74) is 0. The molecule has 0 radical (unpaired) electrons. The summed E-state index contributed by atoms with van der Waals surface area (Å²) in [5, 5.41) is 3.25. The molecule has 96 valence electrons. The van der Waals surface area contributed by atoms with E-state index in [9.17, 15) is 8.42 Å². The molecule has 1 atom stereocenters. The third-order valence-electron chi connectivity index (χ3n) is 2.76. The van der Waals surface area contributed by atoms with Crippen LogP contribution in [0.5, 0.6) is 0 Å². The van der Waals surface area contributed by atoms with Gasteiger partial charge in [0, 0.05) is 25.7 Å². The van der Waals surface area contributed by atoms with Crippen molar-refractivity contribution in [2.24, 2.45) is 0 Å². The van der Waals surface area contributed by atoms with Crippen LogP contribution < -0.4 is 10.0 Å². The lowest BCUT2D eigenvalue weighted by atomic mass is 10.1. The molecule has 2 N–H and O–H groups in total. The smallest absolute Gasteiger partial charge is 0.279 e. The van der Waals surface area contributed by atoms with Gasteiger partial charge in [0.25, 0.3) is 10.2 Å². The Kier molecular flexibility index (Phi) is 5.68. The lowest BCUT2D eigenvalue weighted by molar-refractivity contribution is 0.263. The molecule has 0 aliphatic carbocycles. The summed E-state index contributed by atoms with van der Waals surface area (Å²) < 4.78 is 28.2. The largest absolute Gasteiger partial charge is 0.315 e. The van der Waals surface area contributed by atoms with Crippen LogP contribution in [-0.2, 0) is 10.2 Å². The van der Waals surface area contributed by atoms with Crippen molar-refractivity contribution in [3.63, 3.8) is 0 Å². The van der Waals surface area contributed by atoms with Crippen LogP contribution in [0.25, 0.3) is 0 Å². The van der Waals surface area contributed by atoms with E-state index in [1.807, 2.05) is 6.92 Å². The first-order valence-corrected chi connectivity index (χ1v) is 7.53. The molecule has 0 amide bonds. The van der Waals surface area contributed by atoms with E-state index < -0.39 is 10.2 Å². The highest BCUT2D eigenvalue weighted by atomic mass is 32.2. The Bertz CT molecular complexity index is 286. The molecule has 0 aromatic heterocycles. The second kappa shape index (κ2) is 6.54. The van der Waals surface area contributed by atoms with E-state index in [2.05, 4.69) is 10.0 Å². The summed E-state index contributed by atoms with van der Waals surface area (Å²) in [6.45, 7) is 6.62. The Balaban J connectivity index is 2.72. The summed E-state index contributed by atoms with van der Waals surface area (Å²) >= 11 is 0. The summed E-state index contributed by atoms with van der Waals surface area (Å²) in [4.78, 5) is 0. The van der Waals surface area contributed by atoms with Crippen LogP contribution in [0.2, 0.25) is 0 Å². The van der Waals surface area contributed by atoms with E-state index in [0.717, 1.165) is 32.4 Å². The molecule has 1 aliphatic heterocycles. The van der Waals surface area contributed by atoms with Gasteiger partial charge in [-0.1, -0.05) is 13.8 Å². The fraction of sp³-hybridized carbons (Fsp3) is 1.00. The minimum Gasteiger partial charge on any atom is -0.315 e. The number of rotatable bonds is 6. The van der Waals surface area contributed by atoms with Gasteiger partial charge in [0.05, 0.1) is 0 Å². The molecule has 0 saturated carbocycles. The van der Waals surface area contributed by atoms with Crippen LogP contribution in [-0.4, -0.2) is 44.9 Å². The molecule has 5 nitrogen and oxygen atoms in total. The first-order valence-electron chi connectivity index (χ1n) is 6.09. The first-order chi connectivity index (χ1) is 7.61. The predicted octanol–water partition coefficient (Wildman–Crippen LogP) is 0.305. The van der Waals surface area contributed by atoms with Gasteiger partial charge in [0.15, 0.2) is 0 Å². The van der Waals surface area contributed by atoms with Gasteiger partial charge in [-0.15, -0.1) is 0 Å². The average Bonchev–Trinajstić information content (AvgIpc) is 2.27. The summed E-state index contributed by atoms with van der Waals surface area (Å²) in [5.74, 6) is 0. The number of hydrogen-bond donors (Lipinski definition) is 2. The molecule has 1 aliphatic rings. The Labute approximate surface area is 98.8 Å². The first kappa shape index (κ1) is 13.9. The molecule has 1 saturated heterocycles. The van der Waals surface area contributed by atoms with Crippen LogP contribution in [0.1, 0.15) is 33.1 Å². The van der Waals surface area contributed by atoms with Crippen LogP contribution in [0, 0.1) is 0 Å². The summed E-state index contributed by atoms with van der Waals surface area (Å²) in [7, 11) is -3.29. The number of nitrogens with zero attached hydrogens (tertiary/aromatic N) is 1. The van der Waals surface area contributed by atoms with Crippen molar-refractivity contribution in [2.45, 2.75) is 39.2 Å². The van der Waals surface area contributed by atoms with Gasteiger partial charge in [0.2, 0.25) is 0 Å². The lowest BCUT2D eigenvalue weighted by Gasteiger charge is -2.33. The molecule has 1 heterocycles. The Hall–Kier alpha value is -0.170. The van der Waals surface area contributed by atoms with Gasteiger partial charge in [-0.3, -0.25) is 0 Å². The summed E-state index contributed by atoms with van der Waals surface area (Å²) in [6.07, 6.45) is 2.85. The SMILES string of the molecule is CCCN(C1CCCNC1)S(=O)(=O)NCC. The zero-order valence-electron chi connectivity index (χ0n) is 10.2. The third-order valence-corrected chi connectivity index (χ3v) is 4.51. The maximum Gasteiger partial charge on any atom is 0.279 e. The minimum absolute atomic E-state index is 0.109. The number of hydrogen-bond acceptors (Lipinski definition) is 3. The molecule has 0 aromatic rings. The van der Waals surface area contributed by atoms with E-state index in [1.165, 1.54) is 0 Å². The molecule has 1 unspecified atom stereocenters. The van der Waals surface area contributed by atoms with Gasteiger partial charge < -0.3 is 5.32 Å². The van der Waals surface area contributed by atoms with Crippen LogP contribution in [0.3, 0.4) is 0 Å². The maximum absolute atomic E-state index is 12.0. The monoisotopic (exact) mass is 249 g/mol. The van der Waals surface area contributed by atoms with Crippen molar-refractivity contribution < 1.29 is 8.42 Å². The highest BCUT2D eigenvalue weighted by Crippen LogP contribution is 2.14. The van der Waals surface area contributed by atoms with Gasteiger partial charge in [-0.25, -0.2) is 4.72 Å². The zero-order chi connectivity index (χ0) is 12.0. The van der Waals surface area contributed by atoms with Gasteiger partial charge in [-0.05, 0) is 25.8 Å². The van der Waals surface area contributed by atoms with Crippen LogP contribution >= 0.6 is 0 Å². The Morgan fingerprint density at radius 1 is 1.44 bits per heavy atom. The second-order valence-corrected chi connectivity index (χ2v) is 5.82. The van der Waals surface area contributed by atoms with E-state index >= 15 is 0 Å². The topological polar surface area (TPSA) is 61.4 Å². The fourth-order valence-electron chi connectivity index (χ4n) is 2.06. The maximum atomic E-state index is 12.0. The molecule has 1 fully saturated rings. The average molecular weight is 249 g/mol. The van der Waals surface area contributed by atoms with Crippen molar-refractivity contribution >= 4 is 10.2 Å². The van der Waals surface area contributed by atoms with Crippen molar-refractivity contribution in [3.05, 3.63) is 0 Å². The van der Waals surface area contributed by atoms with Gasteiger partial charge in [-0.2, -0.15) is 12.7 Å². The minimum atomic E-state index is -3.29. The Morgan fingerprint density at radius 3 is 2.69 bits per heavy atom. The quantitative estimate of drug-likeness (QED) is 0.712. The van der Waals surface area contributed by atoms with Crippen molar-refractivity contribution in [1.82, 2.24) is 14.3 Å². The third kappa shape index (κ3) is 3.69. The van der Waals surface area contributed by atoms with Gasteiger partial charge >= 0.3 is 0 Å². The highest BCUT2D eigenvalue weighted by molar-refractivity contribution is 7.87. The standard InChI is InChI=1S/C10H23N3O2S/c1-3-8-13(16(14,15)12-4-2)10-6-5-7-11-9-10/h10-12H,3-9H2,1-2H3. The van der Waals surface area contributed by atoms with E-state index in [4.69, 9.17) is 0 Å². The molecular weight excluding hydrogens is 226 g/mol. The second-order valence-electron chi connectivity index (χ2n) is 4.11. The zero-order valence-corrected chi connectivity index (χ0v) is 11.0. The van der Waals surface area contributed by atoms with Crippen molar-refractivity contribution in [2.75, 3.05) is 26.2 Å². The molecule has 6 heteroatoms. The van der Waals surface area contributed by atoms with Crippen molar-refractivity contribution in [3.8, 4) is 0 Å². The normalized spacial score (nSPS) is 22.6. The number of nitrogens with one attached hydrogen (secondary N) is 2. The summed E-state index contributed by atoms with van der Waals surface area (Å²) in [6, 6.07) is 0.109. The van der Waals surface area contributed by atoms with Crippen LogP contribution in [0.15, 0.2) is 0 Å². The fourth-order valence-corrected chi connectivity index (χ4v) is 3.59. The van der Waals surface area contributed by atoms with E-state index in [1.54, 1.807) is 11.2 Å². The molecule has 0 bridgehead atoms. The highest BCUT2D eigenvalue weighted by Gasteiger charge is 2.29. The van der Waals surface area contributed by atoms with Crippen molar-refractivity contribution in [1.29, 1.82) is 0 Å². The number of piperidine rings is 1. The predicted molar refractivity (Wildman–Crippen MR) is 65.5 cm³/mol. The molecule has 0 spiro atoms.